The molecule has 0 fully saturated rings. The first-order chi connectivity index (χ1) is 13.3. The fraction of sp³-hybridized carbons (Fsp3) is 0.476. The summed E-state index contributed by atoms with van der Waals surface area (Å²) < 4.78 is 0. The van der Waals surface area contributed by atoms with E-state index in [-0.39, 0.29) is 11.3 Å². The Kier molecular flexibility index (Phi) is 5.84. The maximum atomic E-state index is 12.1. The first kappa shape index (κ1) is 20.1. The number of aliphatic imine (C=N–C) groups is 1. The summed E-state index contributed by atoms with van der Waals surface area (Å²) in [5, 5.41) is 10.5. The van der Waals surface area contributed by atoms with Gasteiger partial charge in [0.25, 0.3) is 5.91 Å². The van der Waals surface area contributed by atoms with Crippen molar-refractivity contribution in [1.29, 1.82) is 0 Å². The fourth-order valence-corrected chi connectivity index (χ4v) is 3.76. The van der Waals surface area contributed by atoms with E-state index < -0.39 is 5.92 Å². The molecule has 1 unspecified atom stereocenters. The third-order valence-corrected chi connectivity index (χ3v) is 4.96. The summed E-state index contributed by atoms with van der Waals surface area (Å²) >= 11 is 0. The minimum absolute atomic E-state index is 0.0211. The summed E-state index contributed by atoms with van der Waals surface area (Å²) in [6, 6.07) is 0. The van der Waals surface area contributed by atoms with Crippen molar-refractivity contribution in [2.24, 2.45) is 16.0 Å². The van der Waals surface area contributed by atoms with Crippen molar-refractivity contribution in [3.63, 3.8) is 0 Å². The number of nitrogens with zero attached hydrogens (tertiary/aromatic N) is 2. The summed E-state index contributed by atoms with van der Waals surface area (Å²) in [5.41, 5.74) is 8.83. The maximum Gasteiger partial charge on any atom is 0.254 e. The van der Waals surface area contributed by atoms with E-state index in [1.807, 2.05) is 0 Å². The molecule has 3 heterocycles. The van der Waals surface area contributed by atoms with Crippen molar-refractivity contribution in [2.75, 3.05) is 13.1 Å². The van der Waals surface area contributed by atoms with Crippen LogP contribution in [0.1, 0.15) is 50.2 Å². The second-order valence-corrected chi connectivity index (χ2v) is 8.14. The van der Waals surface area contributed by atoms with E-state index >= 15 is 0 Å². The molecule has 7 heteroatoms. The number of hydrogen-bond donors (Lipinski definition) is 4. The number of H-pyrrole nitrogens is 1. The number of hydrazone groups is 1. The van der Waals surface area contributed by atoms with Crippen LogP contribution < -0.4 is 16.1 Å². The number of allylic oxidation sites excluding steroid dienone is 1. The molecule has 7 nitrogen and oxygen atoms in total. The van der Waals surface area contributed by atoms with Crippen LogP contribution in [0.2, 0.25) is 0 Å². The number of aromatic amines is 1. The largest absolute Gasteiger partial charge is 0.359 e. The molecule has 0 saturated carbocycles. The van der Waals surface area contributed by atoms with Crippen LogP contribution in [-0.4, -0.2) is 35.9 Å². The Morgan fingerprint density at radius 3 is 2.75 bits per heavy atom. The van der Waals surface area contributed by atoms with E-state index in [1.165, 1.54) is 16.8 Å². The van der Waals surface area contributed by atoms with Gasteiger partial charge in [0.15, 0.2) is 0 Å². The summed E-state index contributed by atoms with van der Waals surface area (Å²) in [7, 11) is 0. The standard InChI is InChI=1S/C21H30N6O/c1-6-22-8-7-14-13(2)26-16(18(14)21(3,4)5)11-17-19(24-10-9-23-17)15-12-25-27-20(15)28/h9-12,15,22-23,26H,6-8H2,1-5H3,(H,27,28). The Labute approximate surface area is 166 Å². The topological polar surface area (TPSA) is 93.7 Å². The van der Waals surface area contributed by atoms with Crippen LogP contribution >= 0.6 is 0 Å². The lowest BCUT2D eigenvalue weighted by molar-refractivity contribution is -0.120. The zero-order valence-electron chi connectivity index (χ0n) is 17.3. The highest BCUT2D eigenvalue weighted by molar-refractivity contribution is 6.24. The molecule has 1 aromatic heterocycles. The molecule has 150 valence electrons. The number of carbonyl (C=O) groups is 1. The van der Waals surface area contributed by atoms with Crippen molar-refractivity contribution in [3.05, 3.63) is 40.6 Å². The van der Waals surface area contributed by atoms with Gasteiger partial charge in [-0.2, -0.15) is 5.10 Å². The predicted octanol–water partition coefficient (Wildman–Crippen LogP) is 2.36. The molecule has 0 spiro atoms. The van der Waals surface area contributed by atoms with Gasteiger partial charge in [-0.15, -0.1) is 0 Å². The number of likely N-dealkylation sites (N-methyl/N-ethyl adjacent to an activating group) is 1. The number of aromatic nitrogens is 1. The first-order valence-electron chi connectivity index (χ1n) is 9.80. The molecular formula is C21H30N6O. The van der Waals surface area contributed by atoms with Crippen molar-refractivity contribution < 1.29 is 4.79 Å². The molecule has 1 aromatic rings. The number of nitrogens with one attached hydrogen (secondary N) is 4. The molecule has 0 aliphatic carbocycles. The zero-order valence-corrected chi connectivity index (χ0v) is 17.3. The Bertz CT molecular complexity index is 866. The van der Waals surface area contributed by atoms with Gasteiger partial charge in [0.05, 0.1) is 11.4 Å². The van der Waals surface area contributed by atoms with Crippen molar-refractivity contribution in [1.82, 2.24) is 21.0 Å². The number of carbonyl (C=O) groups excluding carboxylic acids is 1. The quantitative estimate of drug-likeness (QED) is 0.569. The molecule has 1 amide bonds. The first-order valence-corrected chi connectivity index (χ1v) is 9.80. The van der Waals surface area contributed by atoms with Crippen LogP contribution in [0.5, 0.6) is 0 Å². The van der Waals surface area contributed by atoms with Gasteiger partial charge in [0.1, 0.15) is 5.92 Å². The number of rotatable bonds is 6. The summed E-state index contributed by atoms with van der Waals surface area (Å²) in [6.07, 6.45) is 8.07. The van der Waals surface area contributed by atoms with Crippen LogP contribution in [0.25, 0.3) is 6.08 Å². The SMILES string of the molecule is CCNCCc1c(C)[nH]c(C=C2NC=CN=C2C2C=NNC2=O)c1C(C)(C)C. The number of aryl methyl sites for hydroxylation is 1. The highest BCUT2D eigenvalue weighted by Gasteiger charge is 2.31. The summed E-state index contributed by atoms with van der Waals surface area (Å²) in [6.45, 7) is 12.8. The number of hydrogen-bond acceptors (Lipinski definition) is 5. The third kappa shape index (κ3) is 4.09. The summed E-state index contributed by atoms with van der Waals surface area (Å²) in [5.74, 6) is -0.641. The highest BCUT2D eigenvalue weighted by atomic mass is 16.2. The lowest BCUT2D eigenvalue weighted by Crippen LogP contribution is -2.32. The second-order valence-electron chi connectivity index (χ2n) is 8.14. The van der Waals surface area contributed by atoms with Gasteiger partial charge in [0.2, 0.25) is 0 Å². The Hall–Kier alpha value is -2.67. The Morgan fingerprint density at radius 2 is 2.11 bits per heavy atom. The zero-order chi connectivity index (χ0) is 20.3. The van der Waals surface area contributed by atoms with Crippen LogP contribution in [-0.2, 0) is 16.6 Å². The third-order valence-electron chi connectivity index (χ3n) is 4.96. The van der Waals surface area contributed by atoms with E-state index in [0.29, 0.717) is 5.71 Å². The van der Waals surface area contributed by atoms with Crippen LogP contribution in [0.3, 0.4) is 0 Å². The fourth-order valence-electron chi connectivity index (χ4n) is 3.76. The average Bonchev–Trinajstić information content (AvgIpc) is 3.19. The summed E-state index contributed by atoms with van der Waals surface area (Å²) in [4.78, 5) is 20.1. The molecule has 2 aliphatic rings. The smallest absolute Gasteiger partial charge is 0.254 e. The van der Waals surface area contributed by atoms with E-state index in [1.54, 1.807) is 18.6 Å². The maximum absolute atomic E-state index is 12.1. The predicted molar refractivity (Wildman–Crippen MR) is 114 cm³/mol. The van der Waals surface area contributed by atoms with Gasteiger partial charge in [0, 0.05) is 30.0 Å². The Morgan fingerprint density at radius 1 is 1.32 bits per heavy atom. The minimum atomic E-state index is -0.480. The monoisotopic (exact) mass is 382 g/mol. The molecule has 3 rings (SSSR count). The van der Waals surface area contributed by atoms with Crippen molar-refractivity contribution in [2.45, 2.75) is 46.5 Å². The lowest BCUT2D eigenvalue weighted by atomic mass is 9.82. The van der Waals surface area contributed by atoms with E-state index in [9.17, 15) is 4.79 Å². The van der Waals surface area contributed by atoms with Crippen LogP contribution in [0.4, 0.5) is 0 Å². The van der Waals surface area contributed by atoms with Gasteiger partial charge in [-0.25, -0.2) is 5.43 Å². The molecule has 0 radical (unpaired) electrons. The molecule has 28 heavy (non-hydrogen) atoms. The van der Waals surface area contributed by atoms with Gasteiger partial charge in [-0.3, -0.25) is 9.79 Å². The normalized spacial score (nSPS) is 20.5. The molecule has 0 saturated heterocycles. The lowest BCUT2D eigenvalue weighted by Gasteiger charge is -2.23. The number of amides is 1. The van der Waals surface area contributed by atoms with E-state index in [4.69, 9.17) is 0 Å². The second kappa shape index (κ2) is 8.14. The molecule has 4 N–H and O–H groups in total. The van der Waals surface area contributed by atoms with Crippen molar-refractivity contribution in [3.8, 4) is 0 Å². The molecule has 1 atom stereocenters. The van der Waals surface area contributed by atoms with Gasteiger partial charge >= 0.3 is 0 Å². The molecule has 0 aromatic carbocycles. The molecular weight excluding hydrogens is 352 g/mol. The van der Waals surface area contributed by atoms with Gasteiger partial charge < -0.3 is 15.6 Å². The van der Waals surface area contributed by atoms with Crippen molar-refractivity contribution >= 4 is 23.9 Å². The van der Waals surface area contributed by atoms with Crippen LogP contribution in [0, 0.1) is 12.8 Å². The molecule has 0 bridgehead atoms. The average molecular weight is 383 g/mol. The minimum Gasteiger partial charge on any atom is -0.359 e. The highest BCUT2D eigenvalue weighted by Crippen LogP contribution is 2.33. The van der Waals surface area contributed by atoms with Crippen LogP contribution in [0.15, 0.2) is 28.2 Å². The van der Waals surface area contributed by atoms with Gasteiger partial charge in [-0.1, -0.05) is 27.7 Å². The van der Waals surface area contributed by atoms with E-state index in [0.717, 1.165) is 30.9 Å². The van der Waals surface area contributed by atoms with Gasteiger partial charge in [-0.05, 0) is 49.1 Å². The Balaban J connectivity index is 2.01. The molecule has 2 aliphatic heterocycles. The van der Waals surface area contributed by atoms with E-state index in [2.05, 4.69) is 71.8 Å².